The molecule has 27 heavy (non-hydrogen) atoms. The van der Waals surface area contributed by atoms with Gasteiger partial charge < -0.3 is 10.2 Å². The van der Waals surface area contributed by atoms with Crippen LogP contribution in [0.15, 0.2) is 46.9 Å². The summed E-state index contributed by atoms with van der Waals surface area (Å²) in [4.78, 5) is 26.9. The molecule has 0 bridgehead atoms. The van der Waals surface area contributed by atoms with Gasteiger partial charge in [0.2, 0.25) is 11.8 Å². The molecule has 0 radical (unpaired) electrons. The van der Waals surface area contributed by atoms with Crippen LogP contribution in [0.2, 0.25) is 10.0 Å². The Hall–Kier alpha value is -1.56. The van der Waals surface area contributed by atoms with Gasteiger partial charge in [0.15, 0.2) is 0 Å². The molecular formula is C20H21BrCl2N2O2. The van der Waals surface area contributed by atoms with Crippen LogP contribution in [-0.2, 0) is 22.6 Å². The van der Waals surface area contributed by atoms with Gasteiger partial charge in [-0.15, -0.1) is 0 Å². The van der Waals surface area contributed by atoms with Gasteiger partial charge in [-0.1, -0.05) is 57.3 Å². The molecule has 1 N–H and O–H groups in total. The Morgan fingerprint density at radius 2 is 1.70 bits per heavy atom. The summed E-state index contributed by atoms with van der Waals surface area (Å²) in [5.74, 6) is -0.341. The lowest BCUT2D eigenvalue weighted by molar-refractivity contribution is -0.140. The number of hydrogen-bond donors (Lipinski definition) is 1. The van der Waals surface area contributed by atoms with E-state index in [1.54, 1.807) is 30.0 Å². The highest BCUT2D eigenvalue weighted by molar-refractivity contribution is 9.10. The maximum Gasteiger partial charge on any atom is 0.242 e. The van der Waals surface area contributed by atoms with Gasteiger partial charge in [-0.05, 0) is 49.2 Å². The number of halogens is 3. The first kappa shape index (κ1) is 21.7. The summed E-state index contributed by atoms with van der Waals surface area (Å²) < 4.78 is 0.955. The second-order valence-electron chi connectivity index (χ2n) is 6.14. The summed E-state index contributed by atoms with van der Waals surface area (Å²) in [6, 6.07) is 12.2. The zero-order valence-electron chi connectivity index (χ0n) is 15.1. The highest BCUT2D eigenvalue weighted by Gasteiger charge is 2.26. The molecule has 7 heteroatoms. The van der Waals surface area contributed by atoms with Crippen molar-refractivity contribution in [2.45, 2.75) is 32.9 Å². The normalized spacial score (nSPS) is 11.7. The average molecular weight is 472 g/mol. The summed E-state index contributed by atoms with van der Waals surface area (Å²) in [7, 11) is 0. The topological polar surface area (TPSA) is 49.4 Å². The van der Waals surface area contributed by atoms with Gasteiger partial charge in [-0.3, -0.25) is 9.59 Å². The van der Waals surface area contributed by atoms with Crippen LogP contribution < -0.4 is 5.32 Å². The number of nitrogens with zero attached hydrogens (tertiary/aromatic N) is 1. The number of carbonyl (C=O) groups is 2. The zero-order valence-corrected chi connectivity index (χ0v) is 18.2. The standard InChI is InChI=1S/C20H21BrCl2N2O2/c1-3-24-20(27)13(2)25(12-14-4-7-16(21)8-5-14)19(26)11-15-6-9-17(22)18(23)10-15/h4-10,13H,3,11-12H2,1-2H3,(H,24,27)/t13-/m0/s1. The Balaban J connectivity index is 2.23. The molecule has 144 valence electrons. The number of benzene rings is 2. The van der Waals surface area contributed by atoms with E-state index in [-0.39, 0.29) is 18.2 Å². The largest absolute Gasteiger partial charge is 0.355 e. The fourth-order valence-electron chi connectivity index (χ4n) is 2.62. The predicted molar refractivity (Wildman–Crippen MR) is 113 cm³/mol. The Morgan fingerprint density at radius 3 is 2.30 bits per heavy atom. The minimum atomic E-state index is -0.594. The highest BCUT2D eigenvalue weighted by Crippen LogP contribution is 2.23. The van der Waals surface area contributed by atoms with E-state index in [1.165, 1.54) is 0 Å². The van der Waals surface area contributed by atoms with Gasteiger partial charge in [-0.25, -0.2) is 0 Å². The number of nitrogens with one attached hydrogen (secondary N) is 1. The maximum atomic E-state index is 13.0. The smallest absolute Gasteiger partial charge is 0.242 e. The molecule has 2 amide bonds. The third-order valence-corrected chi connectivity index (χ3v) is 5.39. The van der Waals surface area contributed by atoms with Gasteiger partial charge in [0.25, 0.3) is 0 Å². The fraction of sp³-hybridized carbons (Fsp3) is 0.300. The van der Waals surface area contributed by atoms with Crippen molar-refractivity contribution in [2.75, 3.05) is 6.54 Å². The maximum absolute atomic E-state index is 13.0. The number of likely N-dealkylation sites (N-methyl/N-ethyl adjacent to an activating group) is 1. The highest BCUT2D eigenvalue weighted by atomic mass is 79.9. The summed E-state index contributed by atoms with van der Waals surface area (Å²) in [5, 5.41) is 3.62. The third kappa shape index (κ3) is 6.23. The molecule has 1 atom stereocenters. The molecule has 0 fully saturated rings. The van der Waals surface area contributed by atoms with Crippen LogP contribution in [0.1, 0.15) is 25.0 Å². The van der Waals surface area contributed by atoms with E-state index in [4.69, 9.17) is 23.2 Å². The van der Waals surface area contributed by atoms with Crippen LogP contribution in [0.25, 0.3) is 0 Å². The molecule has 0 unspecified atom stereocenters. The van der Waals surface area contributed by atoms with Gasteiger partial charge in [0.1, 0.15) is 6.04 Å². The van der Waals surface area contributed by atoms with E-state index in [2.05, 4.69) is 21.2 Å². The number of rotatable bonds is 7. The second kappa shape index (κ2) is 10.1. The van der Waals surface area contributed by atoms with Gasteiger partial charge in [-0.2, -0.15) is 0 Å². The Bertz CT molecular complexity index is 812. The molecule has 0 spiro atoms. The first-order valence-electron chi connectivity index (χ1n) is 8.57. The Morgan fingerprint density at radius 1 is 1.07 bits per heavy atom. The average Bonchev–Trinajstić information content (AvgIpc) is 2.64. The van der Waals surface area contributed by atoms with Gasteiger partial charge in [0, 0.05) is 17.6 Å². The molecule has 0 saturated carbocycles. The van der Waals surface area contributed by atoms with E-state index in [1.807, 2.05) is 31.2 Å². The first-order chi connectivity index (χ1) is 12.8. The van der Waals surface area contributed by atoms with Crippen molar-refractivity contribution in [1.82, 2.24) is 10.2 Å². The van der Waals surface area contributed by atoms with Gasteiger partial charge in [0.05, 0.1) is 16.5 Å². The zero-order chi connectivity index (χ0) is 20.0. The van der Waals surface area contributed by atoms with Crippen LogP contribution in [-0.4, -0.2) is 29.3 Å². The summed E-state index contributed by atoms with van der Waals surface area (Å²) >= 11 is 15.4. The Kier molecular flexibility index (Phi) is 8.14. The second-order valence-corrected chi connectivity index (χ2v) is 7.87. The molecule has 0 aromatic heterocycles. The molecule has 0 saturated heterocycles. The van der Waals surface area contributed by atoms with Gasteiger partial charge >= 0.3 is 0 Å². The molecule has 0 aliphatic heterocycles. The molecular weight excluding hydrogens is 451 g/mol. The van der Waals surface area contributed by atoms with E-state index in [0.29, 0.717) is 23.1 Å². The van der Waals surface area contributed by atoms with Crippen LogP contribution in [0.3, 0.4) is 0 Å². The van der Waals surface area contributed by atoms with Crippen molar-refractivity contribution in [3.63, 3.8) is 0 Å². The minimum Gasteiger partial charge on any atom is -0.355 e. The fourth-order valence-corrected chi connectivity index (χ4v) is 3.20. The third-order valence-electron chi connectivity index (χ3n) is 4.12. The molecule has 0 aliphatic rings. The molecule has 2 rings (SSSR count). The summed E-state index contributed by atoms with van der Waals surface area (Å²) in [6.45, 7) is 4.43. The van der Waals surface area contributed by atoms with Crippen molar-refractivity contribution >= 4 is 50.9 Å². The van der Waals surface area contributed by atoms with Crippen LogP contribution in [0.5, 0.6) is 0 Å². The lowest BCUT2D eigenvalue weighted by Gasteiger charge is -2.29. The van der Waals surface area contributed by atoms with Crippen molar-refractivity contribution in [3.8, 4) is 0 Å². The molecule has 2 aromatic carbocycles. The van der Waals surface area contributed by atoms with Crippen molar-refractivity contribution in [1.29, 1.82) is 0 Å². The van der Waals surface area contributed by atoms with E-state index < -0.39 is 6.04 Å². The predicted octanol–water partition coefficient (Wildman–Crippen LogP) is 4.85. The molecule has 0 heterocycles. The van der Waals surface area contributed by atoms with E-state index >= 15 is 0 Å². The SMILES string of the molecule is CCNC(=O)[C@H](C)N(Cc1ccc(Br)cc1)C(=O)Cc1ccc(Cl)c(Cl)c1. The lowest BCUT2D eigenvalue weighted by atomic mass is 10.1. The lowest BCUT2D eigenvalue weighted by Crippen LogP contribution is -2.48. The number of hydrogen-bond acceptors (Lipinski definition) is 2. The minimum absolute atomic E-state index is 0.136. The number of amides is 2. The van der Waals surface area contributed by atoms with Crippen LogP contribution in [0, 0.1) is 0 Å². The quantitative estimate of drug-likeness (QED) is 0.627. The number of carbonyl (C=O) groups excluding carboxylic acids is 2. The summed E-state index contributed by atoms with van der Waals surface area (Å²) in [6.07, 6.45) is 0.136. The van der Waals surface area contributed by atoms with Crippen molar-refractivity contribution in [2.24, 2.45) is 0 Å². The first-order valence-corrected chi connectivity index (χ1v) is 10.1. The van der Waals surface area contributed by atoms with E-state index in [0.717, 1.165) is 15.6 Å². The van der Waals surface area contributed by atoms with Crippen molar-refractivity contribution < 1.29 is 9.59 Å². The van der Waals surface area contributed by atoms with Crippen molar-refractivity contribution in [3.05, 3.63) is 68.1 Å². The molecule has 2 aromatic rings. The molecule has 4 nitrogen and oxygen atoms in total. The van der Waals surface area contributed by atoms with Crippen LogP contribution in [0.4, 0.5) is 0 Å². The summed E-state index contributed by atoms with van der Waals surface area (Å²) in [5.41, 5.74) is 1.69. The Labute approximate surface area is 178 Å². The van der Waals surface area contributed by atoms with E-state index in [9.17, 15) is 9.59 Å². The molecule has 0 aliphatic carbocycles. The monoisotopic (exact) mass is 470 g/mol. The van der Waals surface area contributed by atoms with Crippen LogP contribution >= 0.6 is 39.1 Å².